The average molecular weight is 631 g/mol. The standard InChI is InChI=1S/C38H36FN4O2P/c1-41-34-22-33(36-28(25-10-11-25)8-5-9-29(36)38(41)44)43-32-21-27(12-14-31(32)40-37(34)43)26-13-15-35(30(39)20-26)46(45)18-16-42(17-19-46)23-24-6-3-2-4-7-24/h2-9,12-15,20-21,25,33-34H,10-11,16-19,22-23H2,1H3/t33-,34-/m1/s1. The number of nitrogens with zero attached hydrogens (tertiary/aromatic N) is 4. The maximum absolute atomic E-state index is 15.8. The molecule has 0 radical (unpaired) electrons. The predicted octanol–water partition coefficient (Wildman–Crippen LogP) is 7.34. The van der Waals surface area contributed by atoms with Crippen LogP contribution in [0.25, 0.3) is 22.2 Å². The van der Waals surface area contributed by atoms with E-state index in [1.165, 1.54) is 24.0 Å². The number of imidazole rings is 1. The number of hydrogen-bond donors (Lipinski definition) is 0. The van der Waals surface area contributed by atoms with Crippen LogP contribution in [0, 0.1) is 5.82 Å². The summed E-state index contributed by atoms with van der Waals surface area (Å²) in [7, 11) is -0.931. The quantitative estimate of drug-likeness (QED) is 0.191. The zero-order valence-electron chi connectivity index (χ0n) is 25.9. The van der Waals surface area contributed by atoms with E-state index in [9.17, 15) is 9.36 Å². The molecule has 46 heavy (non-hydrogen) atoms. The number of rotatable bonds is 5. The summed E-state index contributed by atoms with van der Waals surface area (Å²) in [5, 5.41) is 0.379. The second-order valence-electron chi connectivity index (χ2n) is 13.6. The van der Waals surface area contributed by atoms with Gasteiger partial charge in [-0.2, -0.15) is 0 Å². The van der Waals surface area contributed by atoms with Crippen LogP contribution in [0.2, 0.25) is 0 Å². The van der Waals surface area contributed by atoms with Crippen molar-refractivity contribution in [2.75, 3.05) is 32.5 Å². The molecule has 4 aliphatic rings. The number of benzene rings is 4. The lowest BCUT2D eigenvalue weighted by Crippen LogP contribution is -2.37. The molecule has 2 bridgehead atoms. The molecule has 232 valence electrons. The van der Waals surface area contributed by atoms with Gasteiger partial charge in [-0.25, -0.2) is 9.37 Å². The Morgan fingerprint density at radius 3 is 2.41 bits per heavy atom. The summed E-state index contributed by atoms with van der Waals surface area (Å²) in [5.74, 6) is 1.12. The predicted molar refractivity (Wildman–Crippen MR) is 180 cm³/mol. The topological polar surface area (TPSA) is 58.4 Å². The van der Waals surface area contributed by atoms with E-state index < -0.39 is 7.14 Å². The maximum atomic E-state index is 15.8. The lowest BCUT2D eigenvalue weighted by Gasteiger charge is -2.32. The van der Waals surface area contributed by atoms with Crippen LogP contribution >= 0.6 is 7.14 Å². The molecular formula is C38H36FN4O2P. The molecule has 0 spiro atoms. The van der Waals surface area contributed by atoms with E-state index in [1.54, 1.807) is 12.1 Å². The summed E-state index contributed by atoms with van der Waals surface area (Å²) in [6.07, 6.45) is 4.13. The van der Waals surface area contributed by atoms with E-state index in [1.807, 2.05) is 60.5 Å². The summed E-state index contributed by atoms with van der Waals surface area (Å²) >= 11 is 0. The molecule has 4 aromatic carbocycles. The fourth-order valence-corrected chi connectivity index (χ4v) is 10.9. The van der Waals surface area contributed by atoms with E-state index in [2.05, 4.69) is 33.7 Å². The number of fused-ring (bicyclic) bond motifs is 9. The highest BCUT2D eigenvalue weighted by Crippen LogP contribution is 2.52. The largest absolute Gasteiger partial charge is 0.331 e. The number of hydrogen-bond acceptors (Lipinski definition) is 4. The van der Waals surface area contributed by atoms with E-state index in [0.29, 0.717) is 36.6 Å². The van der Waals surface area contributed by atoms with Crippen molar-refractivity contribution in [3.63, 3.8) is 0 Å². The monoisotopic (exact) mass is 630 g/mol. The average Bonchev–Trinajstić information content (AvgIpc) is 3.78. The Balaban J connectivity index is 1.04. The molecule has 1 aromatic heterocycles. The summed E-state index contributed by atoms with van der Waals surface area (Å²) in [5.41, 5.74) is 8.04. The minimum atomic E-state index is -2.83. The zero-order chi connectivity index (χ0) is 31.2. The zero-order valence-corrected chi connectivity index (χ0v) is 26.8. The van der Waals surface area contributed by atoms with Gasteiger partial charge in [0.1, 0.15) is 18.8 Å². The molecular weight excluding hydrogens is 594 g/mol. The third kappa shape index (κ3) is 4.43. The van der Waals surface area contributed by atoms with Gasteiger partial charge in [0.2, 0.25) is 0 Å². The number of carbonyl (C=O) groups is 1. The highest BCUT2D eigenvalue weighted by atomic mass is 31.2. The van der Waals surface area contributed by atoms with Gasteiger partial charge >= 0.3 is 0 Å². The first kappa shape index (κ1) is 28.2. The molecule has 6 nitrogen and oxygen atoms in total. The van der Waals surface area contributed by atoms with E-state index >= 15 is 4.39 Å². The summed E-state index contributed by atoms with van der Waals surface area (Å²) in [4.78, 5) is 22.8. The molecule has 4 heterocycles. The molecule has 1 aliphatic carbocycles. The maximum Gasteiger partial charge on any atom is 0.254 e. The Hall–Kier alpha value is -4.06. The molecule has 2 fully saturated rings. The van der Waals surface area contributed by atoms with Crippen LogP contribution in [0.4, 0.5) is 4.39 Å². The first-order valence-electron chi connectivity index (χ1n) is 16.4. The van der Waals surface area contributed by atoms with Crippen molar-refractivity contribution in [2.24, 2.45) is 0 Å². The Morgan fingerprint density at radius 1 is 0.891 bits per heavy atom. The minimum absolute atomic E-state index is 0.0259. The van der Waals surface area contributed by atoms with Crippen LogP contribution in [0.3, 0.4) is 0 Å². The minimum Gasteiger partial charge on any atom is -0.331 e. The van der Waals surface area contributed by atoms with Crippen molar-refractivity contribution in [3.05, 3.63) is 119 Å². The van der Waals surface area contributed by atoms with Crippen LogP contribution in [0.1, 0.15) is 70.1 Å². The van der Waals surface area contributed by atoms with Crippen LogP contribution in [-0.2, 0) is 11.1 Å². The van der Waals surface area contributed by atoms with Gasteiger partial charge in [-0.05, 0) is 76.9 Å². The van der Waals surface area contributed by atoms with Crippen LogP contribution in [-0.4, -0.2) is 57.7 Å². The first-order chi connectivity index (χ1) is 22.4. The normalized spacial score (nSPS) is 22.1. The van der Waals surface area contributed by atoms with Gasteiger partial charge in [0, 0.05) is 56.3 Å². The first-order valence-corrected chi connectivity index (χ1v) is 18.5. The summed E-state index contributed by atoms with van der Waals surface area (Å²) in [6, 6.07) is 27.8. The summed E-state index contributed by atoms with van der Waals surface area (Å²) in [6.45, 7) is 2.22. The Labute approximate surface area is 268 Å². The van der Waals surface area contributed by atoms with Gasteiger partial charge < -0.3 is 14.0 Å². The van der Waals surface area contributed by atoms with Gasteiger partial charge in [0.25, 0.3) is 5.91 Å². The fraction of sp³-hybridized carbons (Fsp3) is 0.316. The lowest BCUT2D eigenvalue weighted by atomic mass is 9.91. The molecule has 2 atom stereocenters. The Bertz CT molecular complexity index is 2080. The lowest BCUT2D eigenvalue weighted by molar-refractivity contribution is 0.0734. The molecule has 5 aromatic rings. The van der Waals surface area contributed by atoms with Crippen molar-refractivity contribution in [2.45, 2.75) is 43.8 Å². The van der Waals surface area contributed by atoms with Crippen molar-refractivity contribution in [1.82, 2.24) is 19.4 Å². The van der Waals surface area contributed by atoms with Gasteiger partial charge in [0.15, 0.2) is 0 Å². The molecule has 9 rings (SSSR count). The Morgan fingerprint density at radius 2 is 1.65 bits per heavy atom. The molecule has 1 amide bonds. The number of amides is 1. The number of halogens is 1. The van der Waals surface area contributed by atoms with Gasteiger partial charge in [-0.3, -0.25) is 9.69 Å². The van der Waals surface area contributed by atoms with E-state index in [4.69, 9.17) is 4.98 Å². The fourth-order valence-electron chi connectivity index (χ4n) is 8.16. The molecule has 3 aliphatic heterocycles. The van der Waals surface area contributed by atoms with Crippen molar-refractivity contribution in [3.8, 4) is 11.1 Å². The highest BCUT2D eigenvalue weighted by Gasteiger charge is 2.45. The van der Waals surface area contributed by atoms with Crippen LogP contribution in [0.5, 0.6) is 0 Å². The number of aromatic nitrogens is 2. The molecule has 0 N–H and O–H groups in total. The molecule has 1 saturated heterocycles. The smallest absolute Gasteiger partial charge is 0.254 e. The third-order valence-electron chi connectivity index (χ3n) is 10.8. The van der Waals surface area contributed by atoms with E-state index in [0.717, 1.165) is 52.1 Å². The van der Waals surface area contributed by atoms with Crippen LogP contribution < -0.4 is 5.30 Å². The second kappa shape index (κ2) is 10.5. The van der Waals surface area contributed by atoms with Gasteiger partial charge in [-0.15, -0.1) is 0 Å². The molecule has 8 heteroatoms. The van der Waals surface area contributed by atoms with E-state index in [-0.39, 0.29) is 23.8 Å². The summed E-state index contributed by atoms with van der Waals surface area (Å²) < 4.78 is 32.2. The van der Waals surface area contributed by atoms with Crippen molar-refractivity contribution < 1.29 is 13.8 Å². The second-order valence-corrected chi connectivity index (χ2v) is 16.7. The van der Waals surface area contributed by atoms with Crippen molar-refractivity contribution >= 4 is 29.4 Å². The molecule has 1 saturated carbocycles. The third-order valence-corrected chi connectivity index (χ3v) is 13.9. The van der Waals surface area contributed by atoms with Crippen LogP contribution in [0.15, 0.2) is 84.9 Å². The molecule has 0 unspecified atom stereocenters. The Kier molecular flexibility index (Phi) is 6.42. The highest BCUT2D eigenvalue weighted by molar-refractivity contribution is 7.71. The number of carbonyl (C=O) groups excluding carboxylic acids is 1. The SMILES string of the molecule is CN1C(=O)c2cccc(C3CC3)c2[C@H]2C[C@@H]1c1nc3ccc(-c4ccc(P5(=O)CCN(Cc6ccccc6)CC5)c(F)c4)cc3n12. The van der Waals surface area contributed by atoms with Gasteiger partial charge in [-0.1, -0.05) is 54.6 Å². The van der Waals surface area contributed by atoms with Crippen molar-refractivity contribution in [1.29, 1.82) is 0 Å². The van der Waals surface area contributed by atoms with Gasteiger partial charge in [0.05, 0.1) is 23.1 Å².